The van der Waals surface area contributed by atoms with E-state index in [-0.39, 0.29) is 6.67 Å². The van der Waals surface area contributed by atoms with Crippen molar-refractivity contribution < 1.29 is 19.2 Å². The van der Waals surface area contributed by atoms with Crippen LogP contribution in [-0.4, -0.2) is 31.0 Å². The zero-order chi connectivity index (χ0) is 19.0. The molecule has 0 unspecified atom stereocenters. The largest absolute Gasteiger partial charge is 0.240 e. The molecule has 2 rings (SSSR count). The smallest absolute Gasteiger partial charge is 0.211 e. The van der Waals surface area contributed by atoms with E-state index in [1.165, 1.54) is 24.3 Å². The Labute approximate surface area is 148 Å². The number of carbonyl (C=O) groups excluding carboxylic acids is 4. The predicted molar refractivity (Wildman–Crippen MR) is 92.4 cm³/mol. The summed E-state index contributed by atoms with van der Waals surface area (Å²) in [5.74, 6) is 0. The molecule has 0 bridgehead atoms. The summed E-state index contributed by atoms with van der Waals surface area (Å²) < 4.78 is 0. The van der Waals surface area contributed by atoms with Crippen LogP contribution in [0.1, 0.15) is 11.1 Å². The SMILES string of the molecule is O=C=NCN=C=O.O=C=Nc1ccccc1Cc1ccccc1N=C=O. The van der Waals surface area contributed by atoms with Crippen molar-refractivity contribution in [2.45, 2.75) is 6.42 Å². The van der Waals surface area contributed by atoms with E-state index in [0.29, 0.717) is 17.8 Å². The van der Waals surface area contributed by atoms with Gasteiger partial charge in [0.15, 0.2) is 6.67 Å². The van der Waals surface area contributed by atoms with E-state index in [1.54, 1.807) is 24.3 Å². The van der Waals surface area contributed by atoms with Gasteiger partial charge in [-0.2, -0.15) is 20.0 Å². The number of hydrogen-bond donors (Lipinski definition) is 0. The van der Waals surface area contributed by atoms with Crippen LogP contribution in [0.25, 0.3) is 0 Å². The first-order valence-corrected chi connectivity index (χ1v) is 7.15. The van der Waals surface area contributed by atoms with Gasteiger partial charge in [-0.3, -0.25) is 0 Å². The van der Waals surface area contributed by atoms with Gasteiger partial charge in [-0.25, -0.2) is 19.2 Å². The van der Waals surface area contributed by atoms with Crippen LogP contribution in [0.4, 0.5) is 11.4 Å². The fourth-order valence-corrected chi connectivity index (χ4v) is 1.94. The molecule has 0 fully saturated rings. The minimum atomic E-state index is -0.160. The van der Waals surface area contributed by atoms with E-state index >= 15 is 0 Å². The third kappa shape index (κ3) is 7.02. The lowest BCUT2D eigenvalue weighted by molar-refractivity contribution is 0.560. The lowest BCUT2D eigenvalue weighted by atomic mass is 10.0. The Morgan fingerprint density at radius 3 is 1.42 bits per heavy atom. The first-order valence-electron chi connectivity index (χ1n) is 7.15. The van der Waals surface area contributed by atoms with Gasteiger partial charge in [0.25, 0.3) is 0 Å². The molecule has 0 radical (unpaired) electrons. The number of para-hydroxylation sites is 2. The highest BCUT2D eigenvalue weighted by molar-refractivity contribution is 5.59. The molecule has 0 aromatic heterocycles. The van der Waals surface area contributed by atoms with Crippen LogP contribution in [0, 0.1) is 0 Å². The molecule has 0 spiro atoms. The van der Waals surface area contributed by atoms with Crippen molar-refractivity contribution in [3.8, 4) is 0 Å². The van der Waals surface area contributed by atoms with Crippen molar-refractivity contribution >= 4 is 35.7 Å². The summed E-state index contributed by atoms with van der Waals surface area (Å²) in [6.45, 7) is -0.160. The Kier molecular flexibility index (Phi) is 9.53. The normalized spacial score (nSPS) is 8.31. The molecule has 0 aliphatic heterocycles. The molecular formula is C18H12N4O4. The number of rotatable bonds is 6. The molecule has 128 valence electrons. The summed E-state index contributed by atoms with van der Waals surface area (Å²) in [6.07, 6.45) is 6.02. The molecule has 2 aromatic carbocycles. The van der Waals surface area contributed by atoms with Gasteiger partial charge in [0.2, 0.25) is 24.3 Å². The van der Waals surface area contributed by atoms with Crippen molar-refractivity contribution in [2.24, 2.45) is 20.0 Å². The van der Waals surface area contributed by atoms with Crippen LogP contribution in [-0.2, 0) is 25.6 Å². The van der Waals surface area contributed by atoms with Gasteiger partial charge >= 0.3 is 0 Å². The van der Waals surface area contributed by atoms with E-state index in [4.69, 9.17) is 0 Å². The molecule has 26 heavy (non-hydrogen) atoms. The van der Waals surface area contributed by atoms with Gasteiger partial charge in [-0.1, -0.05) is 36.4 Å². The summed E-state index contributed by atoms with van der Waals surface area (Å²) in [6, 6.07) is 14.6. The standard InChI is InChI=1S/C15H10N2O2.C3H2N2O2/c18-10-16-14-7-3-1-5-12(14)9-13-6-2-4-8-15(13)17-11-19;6-2-4-1-5-3-7/h1-8H,9H2;1H2. The molecule has 2 aromatic rings. The molecule has 0 amide bonds. The zero-order valence-corrected chi connectivity index (χ0v) is 13.5. The van der Waals surface area contributed by atoms with Crippen molar-refractivity contribution in [3.63, 3.8) is 0 Å². The lowest BCUT2D eigenvalue weighted by Gasteiger charge is -2.06. The number of isocyanates is 4. The van der Waals surface area contributed by atoms with E-state index in [0.717, 1.165) is 11.1 Å². The number of benzene rings is 2. The second-order valence-corrected chi connectivity index (χ2v) is 4.48. The van der Waals surface area contributed by atoms with Gasteiger partial charge in [-0.05, 0) is 23.3 Å². The summed E-state index contributed by atoms with van der Waals surface area (Å²) >= 11 is 0. The molecule has 0 heterocycles. The van der Waals surface area contributed by atoms with Gasteiger partial charge in [0.1, 0.15) is 0 Å². The Bertz CT molecular complexity index is 856. The van der Waals surface area contributed by atoms with Gasteiger partial charge < -0.3 is 0 Å². The quantitative estimate of drug-likeness (QED) is 0.589. The number of aliphatic imine (C=N–C) groups is 4. The minimum Gasteiger partial charge on any atom is -0.211 e. The Hall–Kier alpha value is -4.04. The number of nitrogens with zero attached hydrogens (tertiary/aromatic N) is 4. The molecule has 0 aliphatic carbocycles. The third-order valence-corrected chi connectivity index (χ3v) is 2.97. The van der Waals surface area contributed by atoms with E-state index in [9.17, 15) is 19.2 Å². The van der Waals surface area contributed by atoms with Crippen LogP contribution in [0.5, 0.6) is 0 Å². The molecule has 0 saturated carbocycles. The van der Waals surface area contributed by atoms with Gasteiger partial charge in [-0.15, -0.1) is 0 Å². The van der Waals surface area contributed by atoms with Crippen molar-refractivity contribution in [2.75, 3.05) is 6.67 Å². The maximum atomic E-state index is 10.4. The van der Waals surface area contributed by atoms with Crippen molar-refractivity contribution in [1.29, 1.82) is 0 Å². The maximum absolute atomic E-state index is 10.4. The second-order valence-electron chi connectivity index (χ2n) is 4.48. The first-order chi connectivity index (χ1) is 12.8. The Morgan fingerprint density at radius 2 is 1.04 bits per heavy atom. The summed E-state index contributed by atoms with van der Waals surface area (Å²) in [7, 11) is 0. The average Bonchev–Trinajstić information content (AvgIpc) is 2.66. The fraction of sp³-hybridized carbons (Fsp3) is 0.111. The summed E-state index contributed by atoms with van der Waals surface area (Å²) in [5, 5.41) is 0. The summed E-state index contributed by atoms with van der Waals surface area (Å²) in [5.41, 5.74) is 2.89. The molecule has 8 nitrogen and oxygen atoms in total. The van der Waals surface area contributed by atoms with Crippen LogP contribution in [0.15, 0.2) is 68.5 Å². The predicted octanol–water partition coefficient (Wildman–Crippen LogP) is 2.83. The molecular weight excluding hydrogens is 336 g/mol. The Morgan fingerprint density at radius 1 is 0.615 bits per heavy atom. The van der Waals surface area contributed by atoms with E-state index in [2.05, 4.69) is 20.0 Å². The number of hydrogen-bond acceptors (Lipinski definition) is 8. The third-order valence-electron chi connectivity index (χ3n) is 2.97. The van der Waals surface area contributed by atoms with Crippen LogP contribution in [0.2, 0.25) is 0 Å². The van der Waals surface area contributed by atoms with Crippen LogP contribution >= 0.6 is 0 Å². The summed E-state index contributed by atoms with van der Waals surface area (Å²) in [4.78, 5) is 52.4. The monoisotopic (exact) mass is 348 g/mol. The van der Waals surface area contributed by atoms with Gasteiger partial charge in [0.05, 0.1) is 11.4 Å². The van der Waals surface area contributed by atoms with E-state index < -0.39 is 0 Å². The molecule has 0 saturated heterocycles. The minimum absolute atomic E-state index is 0.160. The zero-order valence-electron chi connectivity index (χ0n) is 13.5. The highest BCUT2D eigenvalue weighted by atomic mass is 16.1. The highest BCUT2D eigenvalue weighted by Crippen LogP contribution is 2.26. The topological polar surface area (TPSA) is 118 Å². The molecule has 0 aliphatic rings. The fourth-order valence-electron chi connectivity index (χ4n) is 1.94. The molecule has 0 atom stereocenters. The van der Waals surface area contributed by atoms with Crippen LogP contribution < -0.4 is 0 Å². The first kappa shape index (κ1) is 20.0. The second kappa shape index (κ2) is 12.4. The van der Waals surface area contributed by atoms with Gasteiger partial charge in [0, 0.05) is 6.42 Å². The van der Waals surface area contributed by atoms with E-state index in [1.807, 2.05) is 24.3 Å². The average molecular weight is 348 g/mol. The molecule has 0 N–H and O–H groups in total. The van der Waals surface area contributed by atoms with Crippen molar-refractivity contribution in [1.82, 2.24) is 0 Å². The van der Waals surface area contributed by atoms with Crippen molar-refractivity contribution in [3.05, 3.63) is 59.7 Å². The highest BCUT2D eigenvalue weighted by Gasteiger charge is 2.05. The lowest BCUT2D eigenvalue weighted by Crippen LogP contribution is -1.89. The Balaban J connectivity index is 0.000000412. The van der Waals surface area contributed by atoms with Crippen LogP contribution in [0.3, 0.4) is 0 Å². The maximum Gasteiger partial charge on any atom is 0.240 e. The molecule has 8 heteroatoms.